The van der Waals surface area contributed by atoms with Crippen molar-refractivity contribution in [2.45, 2.75) is 105 Å². The Hall–Kier alpha value is -4.32. The van der Waals surface area contributed by atoms with E-state index in [-0.39, 0.29) is 17.6 Å². The summed E-state index contributed by atoms with van der Waals surface area (Å²) in [5.74, 6) is -8.18. The fourth-order valence-electron chi connectivity index (χ4n) is 6.61. The Bertz CT molecular complexity index is 1480. The molecule has 1 fully saturated rings. The lowest BCUT2D eigenvalue weighted by atomic mass is 9.72. The Kier molecular flexibility index (Phi) is 12.4. The van der Waals surface area contributed by atoms with Crippen molar-refractivity contribution in [1.82, 2.24) is 0 Å². The van der Waals surface area contributed by atoms with Crippen LogP contribution in [0.5, 0.6) is 0 Å². The number of allylic oxidation sites excluding steroid dienone is 1. The van der Waals surface area contributed by atoms with Crippen LogP contribution in [0.15, 0.2) is 54.6 Å². The van der Waals surface area contributed by atoms with E-state index in [2.05, 4.69) is 6.58 Å². The molecule has 0 aliphatic heterocycles. The molecule has 49 heavy (non-hydrogen) atoms. The summed E-state index contributed by atoms with van der Waals surface area (Å²) in [4.78, 5) is 79.1. The number of esters is 5. The normalized spacial score (nSPS) is 32.1. The van der Waals surface area contributed by atoms with Crippen LogP contribution in [0.2, 0.25) is 0 Å². The van der Waals surface area contributed by atoms with Crippen LogP contribution in [-0.4, -0.2) is 76.9 Å². The number of rotatable bonds is 7. The summed E-state index contributed by atoms with van der Waals surface area (Å²) in [7, 11) is 0. The minimum atomic E-state index is -2.23. The monoisotopic (exact) mass is 684 g/mol. The Morgan fingerprint density at radius 2 is 1.39 bits per heavy atom. The fourth-order valence-corrected chi connectivity index (χ4v) is 6.61. The van der Waals surface area contributed by atoms with Crippen molar-refractivity contribution in [1.29, 1.82) is 0 Å². The number of Topliss-reactive ketones (excluding diaryl/α,β-unsaturated/α-hetero) is 1. The molecule has 12 nitrogen and oxygen atoms in total. The molecule has 1 saturated carbocycles. The Balaban J connectivity index is 2.41. The quantitative estimate of drug-likeness (QED) is 0.246. The number of aliphatic hydroxyl groups is 1. The Morgan fingerprint density at radius 1 is 0.837 bits per heavy atom. The molecule has 3 rings (SSSR count). The van der Waals surface area contributed by atoms with Gasteiger partial charge < -0.3 is 28.8 Å². The highest BCUT2D eigenvalue weighted by Gasteiger charge is 2.63. The van der Waals surface area contributed by atoms with E-state index in [1.54, 1.807) is 65.8 Å². The third-order valence-electron chi connectivity index (χ3n) is 9.00. The van der Waals surface area contributed by atoms with E-state index >= 15 is 0 Å². The second-order valence-electron chi connectivity index (χ2n) is 13.9. The van der Waals surface area contributed by atoms with Crippen molar-refractivity contribution in [3.05, 3.63) is 60.2 Å². The van der Waals surface area contributed by atoms with Gasteiger partial charge in [0.05, 0.1) is 17.4 Å². The molecule has 0 radical (unpaired) electrons. The third kappa shape index (κ3) is 8.83. The van der Waals surface area contributed by atoms with E-state index in [1.165, 1.54) is 18.2 Å². The second-order valence-corrected chi connectivity index (χ2v) is 13.9. The smallest absolute Gasteiger partial charge is 0.338 e. The molecule has 2 aliphatic rings. The number of carbonyl (C=O) groups is 6. The van der Waals surface area contributed by atoms with Crippen molar-refractivity contribution in [3.8, 4) is 0 Å². The molecular formula is C37H48O12. The minimum Gasteiger partial charge on any atom is -0.461 e. The van der Waals surface area contributed by atoms with Crippen LogP contribution < -0.4 is 0 Å². The maximum Gasteiger partial charge on any atom is 0.338 e. The molecule has 0 bridgehead atoms. The highest BCUT2D eigenvalue weighted by atomic mass is 16.6. The lowest BCUT2D eigenvalue weighted by Gasteiger charge is -2.44. The van der Waals surface area contributed by atoms with Crippen molar-refractivity contribution in [2.75, 3.05) is 0 Å². The van der Waals surface area contributed by atoms with Crippen LogP contribution in [0, 0.1) is 29.1 Å². The molecule has 1 aromatic carbocycles. The molecule has 1 aromatic rings. The topological polar surface area (TPSA) is 169 Å². The third-order valence-corrected chi connectivity index (χ3v) is 9.00. The van der Waals surface area contributed by atoms with Gasteiger partial charge in [0.15, 0.2) is 24.1 Å². The van der Waals surface area contributed by atoms with Crippen LogP contribution in [0.1, 0.15) is 79.1 Å². The number of ketones is 1. The van der Waals surface area contributed by atoms with Gasteiger partial charge in [-0.1, -0.05) is 78.5 Å². The Morgan fingerprint density at radius 3 is 1.92 bits per heavy atom. The number of carbonyl (C=O) groups excluding carboxylic acids is 6. The first kappa shape index (κ1) is 39.1. The second kappa shape index (κ2) is 15.5. The van der Waals surface area contributed by atoms with E-state index in [1.807, 2.05) is 0 Å². The number of hydrogen-bond acceptors (Lipinski definition) is 12. The van der Waals surface area contributed by atoms with Gasteiger partial charge in [0.2, 0.25) is 0 Å². The minimum absolute atomic E-state index is 0.131. The van der Waals surface area contributed by atoms with Crippen LogP contribution in [0.25, 0.3) is 0 Å². The summed E-state index contributed by atoms with van der Waals surface area (Å²) in [6, 6.07) is 7.94. The van der Waals surface area contributed by atoms with Gasteiger partial charge in [-0.05, 0) is 24.5 Å². The van der Waals surface area contributed by atoms with E-state index in [0.29, 0.717) is 0 Å². The first-order chi connectivity index (χ1) is 22.7. The molecule has 9 atom stereocenters. The fraction of sp³-hybridized carbons (Fsp3) is 0.568. The number of benzene rings is 1. The van der Waals surface area contributed by atoms with Crippen LogP contribution in [0.3, 0.4) is 0 Å². The average molecular weight is 685 g/mol. The van der Waals surface area contributed by atoms with Gasteiger partial charge in [-0.2, -0.15) is 0 Å². The van der Waals surface area contributed by atoms with Gasteiger partial charge in [-0.3, -0.25) is 24.0 Å². The zero-order chi connectivity index (χ0) is 37.0. The molecule has 1 N–H and O–H groups in total. The predicted molar refractivity (Wildman–Crippen MR) is 175 cm³/mol. The summed E-state index contributed by atoms with van der Waals surface area (Å²) in [6.45, 7) is 17.3. The SMILES string of the molecule is C=C1[C@H](OC(C)=O)[C@@H](OC(=O)c2ccccc2)[C@@H](OC(C)=O)C(C)(C)/C=C/[C@H](C)C(=O)[C@@]2(O)C[C@H](C)[C@H](OC(=O)C(C)C)[C@@H]2[C@H]1OC(C)=O. The van der Waals surface area contributed by atoms with Gasteiger partial charge in [0, 0.05) is 37.7 Å². The van der Waals surface area contributed by atoms with Crippen LogP contribution in [-0.2, 0) is 47.7 Å². The van der Waals surface area contributed by atoms with E-state index in [9.17, 15) is 33.9 Å². The van der Waals surface area contributed by atoms with Gasteiger partial charge in [-0.15, -0.1) is 0 Å². The number of fused-ring (bicyclic) bond motifs is 1. The van der Waals surface area contributed by atoms with E-state index < -0.39 is 101 Å². The molecule has 268 valence electrons. The van der Waals surface area contributed by atoms with Gasteiger partial charge in [0.1, 0.15) is 17.8 Å². The molecule has 0 spiro atoms. The zero-order valence-electron chi connectivity index (χ0n) is 29.6. The largest absolute Gasteiger partial charge is 0.461 e. The summed E-state index contributed by atoms with van der Waals surface area (Å²) in [5.41, 5.74) is -3.52. The highest BCUT2D eigenvalue weighted by Crippen LogP contribution is 2.49. The van der Waals surface area contributed by atoms with E-state index in [4.69, 9.17) is 23.7 Å². The summed E-state index contributed by atoms with van der Waals surface area (Å²) >= 11 is 0. The Labute approximate surface area is 287 Å². The molecule has 0 amide bonds. The summed E-state index contributed by atoms with van der Waals surface area (Å²) in [5, 5.41) is 12.4. The molecule has 0 heterocycles. The molecule has 12 heteroatoms. The first-order valence-electron chi connectivity index (χ1n) is 16.3. The zero-order valence-corrected chi connectivity index (χ0v) is 29.6. The van der Waals surface area contributed by atoms with Crippen LogP contribution >= 0.6 is 0 Å². The lowest BCUT2D eigenvalue weighted by Crippen LogP contribution is -2.58. The molecule has 0 saturated heterocycles. The molecule has 0 unspecified atom stereocenters. The summed E-state index contributed by atoms with van der Waals surface area (Å²) < 4.78 is 29.4. The number of hydrogen-bond donors (Lipinski definition) is 1. The first-order valence-corrected chi connectivity index (χ1v) is 16.3. The van der Waals surface area contributed by atoms with Crippen molar-refractivity contribution >= 4 is 35.6 Å². The van der Waals surface area contributed by atoms with Gasteiger partial charge in [0.25, 0.3) is 0 Å². The van der Waals surface area contributed by atoms with Crippen LogP contribution in [0.4, 0.5) is 0 Å². The van der Waals surface area contributed by atoms with E-state index in [0.717, 1.165) is 20.8 Å². The van der Waals surface area contributed by atoms with Gasteiger partial charge in [-0.25, -0.2) is 4.79 Å². The van der Waals surface area contributed by atoms with Crippen molar-refractivity contribution < 1.29 is 57.6 Å². The standard InChI is InChI=1S/C37H48O12/c1-19(2)34(42)48-28-21(4)18-37(44)27(28)29(45-23(6)38)22(5)30(46-24(7)39)31(49-35(43)26-14-12-11-13-15-26)33(47-25(8)40)36(9,10)17-16-20(3)32(37)41/h11-17,19-21,27-31,33,44H,5,18H2,1-4,6-10H3/b17-16+/t20-,21-,27+,28-,29-,30-,31+,33+,37+/m0/s1. The maximum atomic E-state index is 14.3. The van der Waals surface area contributed by atoms with Gasteiger partial charge >= 0.3 is 29.8 Å². The lowest BCUT2D eigenvalue weighted by molar-refractivity contribution is -0.181. The highest BCUT2D eigenvalue weighted by molar-refractivity contribution is 5.92. The average Bonchev–Trinajstić information content (AvgIpc) is 3.27. The predicted octanol–water partition coefficient (Wildman–Crippen LogP) is 4.32. The van der Waals surface area contributed by atoms with Crippen molar-refractivity contribution in [2.24, 2.45) is 29.1 Å². The maximum absolute atomic E-state index is 14.3. The number of ether oxygens (including phenoxy) is 5. The molecule has 0 aromatic heterocycles. The molecule has 2 aliphatic carbocycles. The molecular weight excluding hydrogens is 636 g/mol. The summed E-state index contributed by atoms with van der Waals surface area (Å²) in [6.07, 6.45) is -4.52. The van der Waals surface area contributed by atoms with Crippen molar-refractivity contribution in [3.63, 3.8) is 0 Å².